The molecular formula is C18H13BrClN5OS. The highest BCUT2D eigenvalue weighted by Crippen LogP contribution is 2.31. The van der Waals surface area contributed by atoms with Gasteiger partial charge in [-0.2, -0.15) is 0 Å². The molecule has 0 saturated heterocycles. The molecule has 0 unspecified atom stereocenters. The summed E-state index contributed by atoms with van der Waals surface area (Å²) in [5.41, 5.74) is 1.13. The molecule has 136 valence electrons. The zero-order valence-corrected chi connectivity index (χ0v) is 17.3. The summed E-state index contributed by atoms with van der Waals surface area (Å²) in [5.74, 6) is 1.88. The van der Waals surface area contributed by atoms with Crippen LogP contribution in [0, 0.1) is 6.92 Å². The minimum absolute atomic E-state index is 0.398. The van der Waals surface area contributed by atoms with E-state index in [2.05, 4.69) is 48.2 Å². The van der Waals surface area contributed by atoms with Crippen molar-refractivity contribution in [3.63, 3.8) is 0 Å². The molecule has 6 nitrogen and oxygen atoms in total. The molecule has 4 rings (SSSR count). The van der Waals surface area contributed by atoms with E-state index in [0.29, 0.717) is 44.0 Å². The first kappa shape index (κ1) is 18.2. The number of furan rings is 1. The van der Waals surface area contributed by atoms with E-state index >= 15 is 0 Å². The van der Waals surface area contributed by atoms with Gasteiger partial charge in [0.05, 0.1) is 6.54 Å². The lowest BCUT2D eigenvalue weighted by Crippen LogP contribution is -2.04. The topological polar surface area (TPSA) is 69.6 Å². The van der Waals surface area contributed by atoms with E-state index in [0.717, 1.165) is 5.56 Å². The molecule has 0 fully saturated rings. The second-order valence-corrected chi connectivity index (χ2v) is 7.82. The Hall–Kier alpha value is -2.16. The highest BCUT2D eigenvalue weighted by molar-refractivity contribution is 9.10. The van der Waals surface area contributed by atoms with Gasteiger partial charge in [-0.25, -0.2) is 9.97 Å². The van der Waals surface area contributed by atoms with Crippen LogP contribution in [0.4, 0.5) is 0 Å². The largest absolute Gasteiger partial charge is 0.446 e. The van der Waals surface area contributed by atoms with E-state index < -0.39 is 0 Å². The molecule has 0 aliphatic rings. The molecule has 0 saturated carbocycles. The summed E-state index contributed by atoms with van der Waals surface area (Å²) in [7, 11) is 0. The molecule has 3 aromatic heterocycles. The Morgan fingerprint density at radius 1 is 1.11 bits per heavy atom. The molecule has 1 aromatic carbocycles. The Balaban J connectivity index is 1.75. The van der Waals surface area contributed by atoms with Crippen LogP contribution in [0.5, 0.6) is 0 Å². The lowest BCUT2D eigenvalue weighted by Gasteiger charge is -2.09. The van der Waals surface area contributed by atoms with E-state index in [1.807, 2.05) is 34.9 Å². The van der Waals surface area contributed by atoms with Crippen LogP contribution in [0.1, 0.15) is 11.4 Å². The first-order valence-electron chi connectivity index (χ1n) is 8.00. The monoisotopic (exact) mass is 461 g/mol. The Kier molecular flexibility index (Phi) is 5.29. The lowest BCUT2D eigenvalue weighted by atomic mass is 10.2. The molecule has 27 heavy (non-hydrogen) atoms. The normalized spacial score (nSPS) is 11.1. The smallest absolute Gasteiger partial charge is 0.200 e. The van der Waals surface area contributed by atoms with Crippen molar-refractivity contribution < 1.29 is 4.42 Å². The van der Waals surface area contributed by atoms with Gasteiger partial charge in [-0.05, 0) is 52.3 Å². The fourth-order valence-electron chi connectivity index (χ4n) is 2.54. The number of nitrogens with zero attached hydrogens (tertiary/aromatic N) is 5. The summed E-state index contributed by atoms with van der Waals surface area (Å²) < 4.78 is 8.32. The Morgan fingerprint density at radius 2 is 1.93 bits per heavy atom. The maximum absolute atomic E-state index is 6.06. The van der Waals surface area contributed by atoms with Crippen molar-refractivity contribution in [1.29, 1.82) is 0 Å². The van der Waals surface area contributed by atoms with Gasteiger partial charge in [0.15, 0.2) is 15.6 Å². The number of rotatable bonds is 5. The minimum Gasteiger partial charge on any atom is -0.446 e. The molecule has 0 radical (unpaired) electrons. The van der Waals surface area contributed by atoms with Gasteiger partial charge in [-0.1, -0.05) is 41.9 Å². The molecule has 0 aliphatic carbocycles. The molecule has 9 heteroatoms. The van der Waals surface area contributed by atoms with Crippen LogP contribution >= 0.6 is 39.3 Å². The number of halogens is 2. The fourth-order valence-corrected chi connectivity index (χ4v) is 4.02. The minimum atomic E-state index is 0.398. The third kappa shape index (κ3) is 4.23. The van der Waals surface area contributed by atoms with E-state index in [1.54, 1.807) is 13.0 Å². The van der Waals surface area contributed by atoms with Crippen molar-refractivity contribution in [3.8, 4) is 11.6 Å². The highest BCUT2D eigenvalue weighted by Gasteiger charge is 2.19. The number of hydrogen-bond acceptors (Lipinski definition) is 6. The number of benzene rings is 1. The summed E-state index contributed by atoms with van der Waals surface area (Å²) in [5, 5.41) is 10.5. The quantitative estimate of drug-likeness (QED) is 0.377. The predicted molar refractivity (Wildman–Crippen MR) is 107 cm³/mol. The van der Waals surface area contributed by atoms with Crippen molar-refractivity contribution in [2.45, 2.75) is 23.7 Å². The lowest BCUT2D eigenvalue weighted by molar-refractivity contribution is 0.545. The molecule has 0 atom stereocenters. The van der Waals surface area contributed by atoms with Crippen LogP contribution in [0.3, 0.4) is 0 Å². The summed E-state index contributed by atoms with van der Waals surface area (Å²) >= 11 is 10.8. The molecule has 0 bridgehead atoms. The summed E-state index contributed by atoms with van der Waals surface area (Å²) in [4.78, 5) is 8.52. The van der Waals surface area contributed by atoms with Crippen LogP contribution in [0.25, 0.3) is 11.6 Å². The van der Waals surface area contributed by atoms with E-state index in [4.69, 9.17) is 16.0 Å². The summed E-state index contributed by atoms with van der Waals surface area (Å²) in [6.07, 6.45) is 0. The van der Waals surface area contributed by atoms with Crippen molar-refractivity contribution >= 4 is 39.3 Å². The highest BCUT2D eigenvalue weighted by atomic mass is 79.9. The Morgan fingerprint density at radius 3 is 2.63 bits per heavy atom. The molecule has 0 aliphatic heterocycles. The van der Waals surface area contributed by atoms with E-state index in [-0.39, 0.29) is 0 Å². The van der Waals surface area contributed by atoms with Gasteiger partial charge in [-0.3, -0.25) is 4.57 Å². The third-order valence-electron chi connectivity index (χ3n) is 3.67. The average molecular weight is 463 g/mol. The second kappa shape index (κ2) is 7.84. The molecule has 0 amide bonds. The van der Waals surface area contributed by atoms with Gasteiger partial charge in [0.25, 0.3) is 0 Å². The van der Waals surface area contributed by atoms with Gasteiger partial charge in [-0.15, -0.1) is 10.2 Å². The standard InChI is InChI=1S/C18H13BrClN5OS/c1-11-21-15(20)9-16(22-11)27-18-24-23-17(13-7-8-14(19)26-13)25(18)10-12-5-3-2-4-6-12/h2-9H,10H2,1H3. The van der Waals surface area contributed by atoms with Gasteiger partial charge in [0.1, 0.15) is 16.0 Å². The van der Waals surface area contributed by atoms with E-state index in [9.17, 15) is 0 Å². The third-order valence-corrected chi connectivity index (χ3v) is 5.20. The Bertz CT molecular complexity index is 1060. The van der Waals surface area contributed by atoms with Crippen molar-refractivity contribution in [2.24, 2.45) is 0 Å². The van der Waals surface area contributed by atoms with Crippen molar-refractivity contribution in [3.05, 3.63) is 69.7 Å². The maximum Gasteiger partial charge on any atom is 0.200 e. The predicted octanol–water partition coefficient (Wildman–Crippen LogP) is 5.25. The zero-order chi connectivity index (χ0) is 18.8. The van der Waals surface area contributed by atoms with Crippen molar-refractivity contribution in [2.75, 3.05) is 0 Å². The van der Waals surface area contributed by atoms with Crippen LogP contribution < -0.4 is 0 Å². The number of hydrogen-bond donors (Lipinski definition) is 0. The number of aryl methyl sites for hydroxylation is 1. The average Bonchev–Trinajstić information content (AvgIpc) is 3.22. The SMILES string of the molecule is Cc1nc(Cl)cc(Sc2nnc(-c3ccc(Br)o3)n2Cc2ccccc2)n1. The van der Waals surface area contributed by atoms with Crippen LogP contribution in [-0.4, -0.2) is 24.7 Å². The second-order valence-electron chi connectivity index (χ2n) is 5.66. The summed E-state index contributed by atoms with van der Waals surface area (Å²) in [6, 6.07) is 15.5. The first-order valence-corrected chi connectivity index (χ1v) is 9.99. The Labute approximate surface area is 173 Å². The van der Waals surface area contributed by atoms with Gasteiger partial charge in [0, 0.05) is 6.07 Å². The molecule has 4 aromatic rings. The van der Waals surface area contributed by atoms with Gasteiger partial charge in [0.2, 0.25) is 5.82 Å². The molecular weight excluding hydrogens is 450 g/mol. The van der Waals surface area contributed by atoms with Gasteiger partial charge < -0.3 is 4.42 Å². The van der Waals surface area contributed by atoms with Crippen molar-refractivity contribution in [1.82, 2.24) is 24.7 Å². The fraction of sp³-hybridized carbons (Fsp3) is 0.111. The number of aromatic nitrogens is 5. The molecule has 3 heterocycles. The van der Waals surface area contributed by atoms with Crippen LogP contribution in [0.2, 0.25) is 5.15 Å². The van der Waals surface area contributed by atoms with E-state index in [1.165, 1.54) is 11.8 Å². The maximum atomic E-state index is 6.06. The van der Waals surface area contributed by atoms with Crippen LogP contribution in [-0.2, 0) is 6.54 Å². The van der Waals surface area contributed by atoms with Crippen LogP contribution in [0.15, 0.2) is 67.8 Å². The van der Waals surface area contributed by atoms with Gasteiger partial charge >= 0.3 is 0 Å². The first-order chi connectivity index (χ1) is 13.1. The molecule has 0 spiro atoms. The molecule has 0 N–H and O–H groups in total. The summed E-state index contributed by atoms with van der Waals surface area (Å²) in [6.45, 7) is 2.40. The zero-order valence-electron chi connectivity index (χ0n) is 14.1.